The highest BCUT2D eigenvalue weighted by Gasteiger charge is 2.38. The fourth-order valence-electron chi connectivity index (χ4n) is 3.01. The second kappa shape index (κ2) is 9.55. The zero-order valence-electron chi connectivity index (χ0n) is 17.4. The second-order valence-corrected chi connectivity index (χ2v) is 7.96. The molecule has 10 heteroatoms. The molecular weight excluding hydrogens is 405 g/mol. The van der Waals surface area contributed by atoms with Crippen LogP contribution in [0.4, 0.5) is 18.0 Å². The summed E-state index contributed by atoms with van der Waals surface area (Å²) in [5, 5.41) is 2.84. The van der Waals surface area contributed by atoms with Gasteiger partial charge in [0, 0.05) is 31.2 Å². The third-order valence-electron chi connectivity index (χ3n) is 4.30. The highest BCUT2D eigenvalue weighted by Crippen LogP contribution is 2.24. The quantitative estimate of drug-likeness (QED) is 0.744. The van der Waals surface area contributed by atoms with Crippen LogP contribution in [-0.2, 0) is 9.47 Å². The summed E-state index contributed by atoms with van der Waals surface area (Å²) >= 11 is 0. The van der Waals surface area contributed by atoms with Gasteiger partial charge in [-0.2, -0.15) is 0 Å². The van der Waals surface area contributed by atoms with Crippen molar-refractivity contribution in [1.29, 1.82) is 0 Å². The van der Waals surface area contributed by atoms with Crippen molar-refractivity contribution in [2.45, 2.75) is 45.7 Å². The summed E-state index contributed by atoms with van der Waals surface area (Å²) in [5.74, 6) is -1.02. The van der Waals surface area contributed by atoms with E-state index >= 15 is 0 Å². The van der Waals surface area contributed by atoms with Gasteiger partial charge in [-0.05, 0) is 52.0 Å². The molecule has 0 aromatic heterocycles. The maximum atomic E-state index is 12.6. The van der Waals surface area contributed by atoms with Crippen molar-refractivity contribution in [3.63, 3.8) is 0 Å². The first-order valence-corrected chi connectivity index (χ1v) is 9.60. The molecule has 1 aliphatic rings. The normalized spacial score (nSPS) is 19.5. The van der Waals surface area contributed by atoms with E-state index in [4.69, 9.17) is 9.47 Å². The highest BCUT2D eigenvalue weighted by molar-refractivity contribution is 5.94. The fraction of sp³-hybridized carbons (Fsp3) is 0.600. The molecule has 1 N–H and O–H groups in total. The topological polar surface area (TPSA) is 77.1 Å². The average Bonchev–Trinajstić information content (AvgIpc) is 3.00. The minimum absolute atomic E-state index is 0.144. The van der Waals surface area contributed by atoms with Gasteiger partial charge in [-0.15, -0.1) is 13.2 Å². The molecule has 1 aliphatic heterocycles. The Hall–Kier alpha value is -2.49. The van der Waals surface area contributed by atoms with Crippen LogP contribution in [-0.4, -0.2) is 61.2 Å². The number of nitrogens with one attached hydrogen (secondary N) is 1. The fourth-order valence-corrected chi connectivity index (χ4v) is 3.01. The van der Waals surface area contributed by atoms with Gasteiger partial charge >= 0.3 is 12.5 Å². The lowest BCUT2D eigenvalue weighted by Gasteiger charge is -2.24. The Morgan fingerprint density at radius 2 is 1.77 bits per heavy atom. The predicted octanol–water partition coefficient (Wildman–Crippen LogP) is 3.59. The molecule has 7 nitrogen and oxygen atoms in total. The zero-order chi connectivity index (χ0) is 22.5. The standard InChI is InChI=1S/C20H27F3N2O5/c1-5-28-12-14-10-25(18(27)30-19(2,3)4)11-16(14)24-17(26)13-6-8-15(9-7-13)29-20(21,22)23/h6-9,14,16H,5,10-12H2,1-4H3,(H,24,26). The molecule has 1 aromatic carbocycles. The van der Waals surface area contributed by atoms with Crippen molar-refractivity contribution in [2.75, 3.05) is 26.3 Å². The SMILES string of the molecule is CCOCC1CN(C(=O)OC(C)(C)C)CC1NC(=O)c1ccc(OC(F)(F)F)cc1. The second-order valence-electron chi connectivity index (χ2n) is 7.96. The molecule has 1 heterocycles. The van der Waals surface area contributed by atoms with Gasteiger partial charge in [-0.1, -0.05) is 0 Å². The van der Waals surface area contributed by atoms with E-state index in [1.54, 1.807) is 20.8 Å². The number of amides is 2. The number of hydrogen-bond donors (Lipinski definition) is 1. The lowest BCUT2D eigenvalue weighted by molar-refractivity contribution is -0.274. The molecule has 1 saturated heterocycles. The van der Waals surface area contributed by atoms with E-state index in [9.17, 15) is 22.8 Å². The molecule has 0 bridgehead atoms. The number of ether oxygens (including phenoxy) is 3. The van der Waals surface area contributed by atoms with E-state index in [0.29, 0.717) is 19.8 Å². The smallest absolute Gasteiger partial charge is 0.444 e. The molecule has 0 saturated carbocycles. The lowest BCUT2D eigenvalue weighted by Crippen LogP contribution is -2.42. The molecule has 0 aliphatic carbocycles. The summed E-state index contributed by atoms with van der Waals surface area (Å²) in [5.41, 5.74) is -0.468. The van der Waals surface area contributed by atoms with Crippen molar-refractivity contribution in [3.05, 3.63) is 29.8 Å². The summed E-state index contributed by atoms with van der Waals surface area (Å²) in [6.45, 7) is 8.59. The van der Waals surface area contributed by atoms with Crippen molar-refractivity contribution in [2.24, 2.45) is 5.92 Å². The van der Waals surface area contributed by atoms with Crippen LogP contribution in [0.15, 0.2) is 24.3 Å². The number of hydrogen-bond acceptors (Lipinski definition) is 5. The Morgan fingerprint density at radius 1 is 1.13 bits per heavy atom. The van der Waals surface area contributed by atoms with Gasteiger partial charge in [-0.25, -0.2) is 4.79 Å². The first-order chi connectivity index (χ1) is 13.9. The molecule has 30 heavy (non-hydrogen) atoms. The number of halogens is 3. The average molecular weight is 432 g/mol. The van der Waals surface area contributed by atoms with Crippen molar-refractivity contribution < 1.29 is 37.0 Å². The van der Waals surface area contributed by atoms with Gasteiger partial charge < -0.3 is 24.4 Å². The minimum atomic E-state index is -4.80. The molecule has 2 unspecified atom stereocenters. The summed E-state index contributed by atoms with van der Waals surface area (Å²) in [6.07, 6.45) is -5.28. The lowest BCUT2D eigenvalue weighted by atomic mass is 10.0. The van der Waals surface area contributed by atoms with Crippen LogP contribution in [0.5, 0.6) is 5.75 Å². The first-order valence-electron chi connectivity index (χ1n) is 9.60. The number of alkyl halides is 3. The van der Waals surface area contributed by atoms with E-state index in [1.807, 2.05) is 6.92 Å². The van der Waals surface area contributed by atoms with Gasteiger partial charge in [0.2, 0.25) is 0 Å². The maximum absolute atomic E-state index is 12.6. The van der Waals surface area contributed by atoms with Crippen LogP contribution in [0.2, 0.25) is 0 Å². The number of rotatable bonds is 6. The Bertz CT molecular complexity index is 731. The van der Waals surface area contributed by atoms with E-state index in [1.165, 1.54) is 17.0 Å². The molecule has 2 rings (SSSR count). The van der Waals surface area contributed by atoms with Crippen LogP contribution in [0.1, 0.15) is 38.1 Å². The molecule has 0 radical (unpaired) electrons. The van der Waals surface area contributed by atoms with Crippen LogP contribution in [0.25, 0.3) is 0 Å². The molecule has 168 valence electrons. The van der Waals surface area contributed by atoms with Crippen LogP contribution < -0.4 is 10.1 Å². The Morgan fingerprint density at radius 3 is 2.30 bits per heavy atom. The van der Waals surface area contributed by atoms with Gasteiger partial charge in [0.05, 0.1) is 12.6 Å². The minimum Gasteiger partial charge on any atom is -0.444 e. The van der Waals surface area contributed by atoms with Gasteiger partial charge in [0.25, 0.3) is 5.91 Å². The highest BCUT2D eigenvalue weighted by atomic mass is 19.4. The third-order valence-corrected chi connectivity index (χ3v) is 4.30. The molecule has 1 fully saturated rings. The van der Waals surface area contributed by atoms with E-state index < -0.39 is 29.7 Å². The monoisotopic (exact) mass is 432 g/mol. The molecule has 1 aromatic rings. The van der Waals surface area contributed by atoms with Gasteiger partial charge in [-0.3, -0.25) is 4.79 Å². The van der Waals surface area contributed by atoms with E-state index in [2.05, 4.69) is 10.1 Å². The van der Waals surface area contributed by atoms with Gasteiger partial charge in [0.15, 0.2) is 0 Å². The van der Waals surface area contributed by atoms with Gasteiger partial charge in [0.1, 0.15) is 11.4 Å². The number of benzene rings is 1. The zero-order valence-corrected chi connectivity index (χ0v) is 17.4. The summed E-state index contributed by atoms with van der Waals surface area (Å²) in [4.78, 5) is 26.5. The van der Waals surface area contributed by atoms with Crippen LogP contribution in [0.3, 0.4) is 0 Å². The van der Waals surface area contributed by atoms with Crippen LogP contribution >= 0.6 is 0 Å². The molecule has 2 amide bonds. The third kappa shape index (κ3) is 7.40. The number of carbonyl (C=O) groups excluding carboxylic acids is 2. The number of likely N-dealkylation sites (tertiary alicyclic amines) is 1. The predicted molar refractivity (Wildman–Crippen MR) is 102 cm³/mol. The molecule has 2 atom stereocenters. The summed E-state index contributed by atoms with van der Waals surface area (Å²) < 4.78 is 51.5. The summed E-state index contributed by atoms with van der Waals surface area (Å²) in [7, 11) is 0. The Balaban J connectivity index is 2.04. The Kier molecular flexibility index (Phi) is 7.57. The summed E-state index contributed by atoms with van der Waals surface area (Å²) in [6, 6.07) is 4.25. The molecule has 0 spiro atoms. The Labute approximate surface area is 173 Å². The molecular formula is C20H27F3N2O5. The van der Waals surface area contributed by atoms with Crippen molar-refractivity contribution in [1.82, 2.24) is 10.2 Å². The maximum Gasteiger partial charge on any atom is 0.573 e. The number of carbonyl (C=O) groups is 2. The largest absolute Gasteiger partial charge is 0.573 e. The van der Waals surface area contributed by atoms with E-state index in [-0.39, 0.29) is 24.1 Å². The first kappa shape index (κ1) is 23.8. The van der Waals surface area contributed by atoms with Crippen molar-refractivity contribution >= 4 is 12.0 Å². The van der Waals surface area contributed by atoms with E-state index in [0.717, 1.165) is 12.1 Å². The number of nitrogens with zero attached hydrogens (tertiary/aromatic N) is 1. The van der Waals surface area contributed by atoms with Crippen molar-refractivity contribution in [3.8, 4) is 5.75 Å². The van der Waals surface area contributed by atoms with Crippen LogP contribution in [0, 0.1) is 5.92 Å².